The molecule has 0 aliphatic carbocycles. The Morgan fingerprint density at radius 3 is 2.67 bits per heavy atom. The Balaban J connectivity index is 1.45. The molecule has 6 nitrogen and oxygen atoms in total. The number of rotatable bonds is 5. The summed E-state index contributed by atoms with van der Waals surface area (Å²) in [6.45, 7) is 0.441. The van der Waals surface area contributed by atoms with Gasteiger partial charge in [-0.05, 0) is 35.3 Å². The minimum Gasteiger partial charge on any atom is -0.465 e. The number of benzene rings is 3. The van der Waals surface area contributed by atoms with Gasteiger partial charge in [-0.2, -0.15) is 5.10 Å². The fourth-order valence-electron chi connectivity index (χ4n) is 3.28. The van der Waals surface area contributed by atoms with E-state index in [1.54, 1.807) is 16.9 Å². The Morgan fingerprint density at radius 1 is 1.03 bits per heavy atom. The number of carbonyl (C=O) groups is 1. The zero-order valence-corrected chi connectivity index (χ0v) is 17.1. The second kappa shape index (κ2) is 8.75. The lowest BCUT2D eigenvalue weighted by atomic mass is 10.1. The highest BCUT2D eigenvalue weighted by Gasteiger charge is 2.12. The number of carbonyl (C=O) groups excluding carboxylic acids is 1. The van der Waals surface area contributed by atoms with Crippen molar-refractivity contribution in [2.45, 2.75) is 6.54 Å². The number of nitrogens with zero attached hydrogens (tertiary/aromatic N) is 2. The number of aromatic nitrogens is 2. The SMILES string of the molecule is COC(=O)c1ccccc1Cn1cc(NC(=S)Nc2cccc3ccccc23)cn1. The number of fused-ring (bicyclic) bond motifs is 1. The van der Waals surface area contributed by atoms with E-state index in [1.165, 1.54) is 7.11 Å². The fraction of sp³-hybridized carbons (Fsp3) is 0.0870. The second-order valence-electron chi connectivity index (χ2n) is 6.68. The maximum Gasteiger partial charge on any atom is 0.338 e. The molecule has 30 heavy (non-hydrogen) atoms. The predicted octanol–water partition coefficient (Wildman–Crippen LogP) is 4.68. The molecule has 1 heterocycles. The summed E-state index contributed by atoms with van der Waals surface area (Å²) in [7, 11) is 1.37. The highest BCUT2D eigenvalue weighted by molar-refractivity contribution is 7.80. The fourth-order valence-corrected chi connectivity index (χ4v) is 3.50. The molecule has 7 heteroatoms. The molecule has 0 aliphatic heterocycles. The van der Waals surface area contributed by atoms with Gasteiger partial charge in [0.15, 0.2) is 5.11 Å². The molecule has 1 aromatic heterocycles. The van der Waals surface area contributed by atoms with E-state index in [9.17, 15) is 4.79 Å². The van der Waals surface area contributed by atoms with E-state index in [0.29, 0.717) is 17.2 Å². The molecular formula is C23H20N4O2S. The van der Waals surface area contributed by atoms with Gasteiger partial charge in [-0.25, -0.2) is 4.79 Å². The lowest BCUT2D eigenvalue weighted by Crippen LogP contribution is -2.19. The van der Waals surface area contributed by atoms with Crippen LogP contribution in [0.3, 0.4) is 0 Å². The third-order valence-corrected chi connectivity index (χ3v) is 4.89. The highest BCUT2D eigenvalue weighted by Crippen LogP contribution is 2.23. The van der Waals surface area contributed by atoms with E-state index in [2.05, 4.69) is 33.9 Å². The van der Waals surface area contributed by atoms with Crippen LogP contribution in [0.2, 0.25) is 0 Å². The second-order valence-corrected chi connectivity index (χ2v) is 7.09. The standard InChI is InChI=1S/C23H20N4O2S/c1-29-22(28)20-11-5-3-8-17(20)14-27-15-18(13-24-27)25-23(30)26-21-12-6-9-16-7-2-4-10-19(16)21/h2-13,15H,14H2,1H3,(H2,25,26,30). The van der Waals surface area contributed by atoms with Gasteiger partial charge in [0, 0.05) is 17.3 Å². The number of esters is 1. The molecule has 0 radical (unpaired) electrons. The zero-order chi connectivity index (χ0) is 20.9. The van der Waals surface area contributed by atoms with Gasteiger partial charge in [-0.3, -0.25) is 4.68 Å². The maximum absolute atomic E-state index is 12.0. The summed E-state index contributed by atoms with van der Waals surface area (Å²) in [6, 6.07) is 21.5. The average Bonchev–Trinajstić information content (AvgIpc) is 3.20. The third-order valence-electron chi connectivity index (χ3n) is 4.68. The van der Waals surface area contributed by atoms with Gasteiger partial charge in [0.2, 0.25) is 0 Å². The van der Waals surface area contributed by atoms with Crippen molar-refractivity contribution < 1.29 is 9.53 Å². The van der Waals surface area contributed by atoms with Gasteiger partial charge in [0.1, 0.15) is 0 Å². The molecule has 0 unspecified atom stereocenters. The van der Waals surface area contributed by atoms with E-state index >= 15 is 0 Å². The molecule has 0 fully saturated rings. The summed E-state index contributed by atoms with van der Waals surface area (Å²) in [5.41, 5.74) is 3.04. The Kier molecular flexibility index (Phi) is 5.72. The molecular weight excluding hydrogens is 396 g/mol. The van der Waals surface area contributed by atoms with Gasteiger partial charge >= 0.3 is 5.97 Å². The van der Waals surface area contributed by atoms with Crippen molar-refractivity contribution in [2.75, 3.05) is 17.7 Å². The third kappa shape index (κ3) is 4.31. The van der Waals surface area contributed by atoms with E-state index < -0.39 is 0 Å². The first-order chi connectivity index (χ1) is 14.6. The highest BCUT2D eigenvalue weighted by atomic mass is 32.1. The van der Waals surface area contributed by atoms with Crippen molar-refractivity contribution in [3.63, 3.8) is 0 Å². The van der Waals surface area contributed by atoms with E-state index in [1.807, 2.05) is 48.7 Å². The van der Waals surface area contributed by atoms with Crippen molar-refractivity contribution in [1.82, 2.24) is 9.78 Å². The Morgan fingerprint density at radius 2 is 1.80 bits per heavy atom. The molecule has 4 aromatic rings. The Labute approximate surface area is 179 Å². The van der Waals surface area contributed by atoms with Gasteiger partial charge in [-0.1, -0.05) is 54.6 Å². The summed E-state index contributed by atoms with van der Waals surface area (Å²) in [6.07, 6.45) is 3.53. The smallest absolute Gasteiger partial charge is 0.338 e. The first kappa shape index (κ1) is 19.6. The zero-order valence-electron chi connectivity index (χ0n) is 16.3. The molecule has 2 N–H and O–H groups in total. The van der Waals surface area contributed by atoms with Crippen LogP contribution in [0.5, 0.6) is 0 Å². The number of ether oxygens (including phenoxy) is 1. The molecule has 3 aromatic carbocycles. The summed E-state index contributed by atoms with van der Waals surface area (Å²) >= 11 is 5.47. The van der Waals surface area contributed by atoms with Gasteiger partial charge in [0.25, 0.3) is 0 Å². The molecule has 4 rings (SSSR count). The summed E-state index contributed by atoms with van der Waals surface area (Å²) in [5.74, 6) is -0.364. The Bertz CT molecular complexity index is 1210. The molecule has 0 bridgehead atoms. The molecule has 0 spiro atoms. The van der Waals surface area contributed by atoms with Crippen LogP contribution in [0.1, 0.15) is 15.9 Å². The quantitative estimate of drug-likeness (QED) is 0.364. The minimum atomic E-state index is -0.364. The monoisotopic (exact) mass is 416 g/mol. The number of hydrogen-bond donors (Lipinski definition) is 2. The van der Waals surface area contributed by atoms with Crippen LogP contribution in [0.4, 0.5) is 11.4 Å². The van der Waals surface area contributed by atoms with Crippen molar-refractivity contribution in [2.24, 2.45) is 0 Å². The van der Waals surface area contributed by atoms with Gasteiger partial charge in [0.05, 0.1) is 31.1 Å². The van der Waals surface area contributed by atoms with Gasteiger partial charge < -0.3 is 15.4 Å². The van der Waals surface area contributed by atoms with Crippen molar-refractivity contribution in [3.8, 4) is 0 Å². The van der Waals surface area contributed by atoms with Crippen LogP contribution >= 0.6 is 12.2 Å². The minimum absolute atomic E-state index is 0.364. The number of anilines is 2. The van der Waals surface area contributed by atoms with E-state index in [0.717, 1.165) is 27.7 Å². The number of hydrogen-bond acceptors (Lipinski definition) is 4. The largest absolute Gasteiger partial charge is 0.465 e. The molecule has 0 aliphatic rings. The predicted molar refractivity (Wildman–Crippen MR) is 123 cm³/mol. The molecule has 0 amide bonds. The molecule has 0 saturated heterocycles. The number of methoxy groups -OCH3 is 1. The van der Waals surface area contributed by atoms with Crippen LogP contribution < -0.4 is 10.6 Å². The van der Waals surface area contributed by atoms with E-state index in [4.69, 9.17) is 17.0 Å². The van der Waals surface area contributed by atoms with Crippen molar-refractivity contribution >= 4 is 45.4 Å². The normalized spacial score (nSPS) is 10.6. The summed E-state index contributed by atoms with van der Waals surface area (Å²) in [5, 5.41) is 13.5. The summed E-state index contributed by atoms with van der Waals surface area (Å²) < 4.78 is 6.59. The van der Waals surface area contributed by atoms with E-state index in [-0.39, 0.29) is 5.97 Å². The van der Waals surface area contributed by atoms with Crippen LogP contribution in [0, 0.1) is 0 Å². The van der Waals surface area contributed by atoms with Gasteiger partial charge in [-0.15, -0.1) is 0 Å². The molecule has 150 valence electrons. The first-order valence-corrected chi connectivity index (χ1v) is 9.79. The van der Waals surface area contributed by atoms with Crippen LogP contribution in [-0.4, -0.2) is 28.0 Å². The average molecular weight is 417 g/mol. The van der Waals surface area contributed by atoms with Crippen molar-refractivity contribution in [3.05, 3.63) is 90.3 Å². The Hall–Kier alpha value is -3.71. The lowest BCUT2D eigenvalue weighted by molar-refractivity contribution is 0.0599. The number of nitrogens with one attached hydrogen (secondary N) is 2. The topological polar surface area (TPSA) is 68.2 Å². The first-order valence-electron chi connectivity index (χ1n) is 9.38. The molecule has 0 saturated carbocycles. The van der Waals surface area contributed by atoms with Crippen LogP contribution in [-0.2, 0) is 11.3 Å². The van der Waals surface area contributed by atoms with Crippen LogP contribution in [0.25, 0.3) is 10.8 Å². The van der Waals surface area contributed by atoms with Crippen LogP contribution in [0.15, 0.2) is 79.1 Å². The lowest BCUT2D eigenvalue weighted by Gasteiger charge is -2.11. The maximum atomic E-state index is 12.0. The molecule has 0 atom stereocenters. The number of thiocarbonyl (C=S) groups is 1. The van der Waals surface area contributed by atoms with Crippen molar-refractivity contribution in [1.29, 1.82) is 0 Å². The summed E-state index contributed by atoms with van der Waals surface area (Å²) in [4.78, 5) is 12.0.